The number of carbonyl (C=O) groups excluding carboxylic acids is 1. The summed E-state index contributed by atoms with van der Waals surface area (Å²) in [7, 11) is -4.24. The van der Waals surface area contributed by atoms with Gasteiger partial charge in [0.15, 0.2) is 0 Å². The van der Waals surface area contributed by atoms with E-state index in [1.807, 2.05) is 0 Å². The summed E-state index contributed by atoms with van der Waals surface area (Å²) in [5.41, 5.74) is 0.486. The summed E-state index contributed by atoms with van der Waals surface area (Å²) >= 11 is 4.16. The lowest BCUT2D eigenvalue weighted by atomic mass is 10.1. The number of thiol groups is 1. The van der Waals surface area contributed by atoms with Gasteiger partial charge in [0.05, 0.1) is 4.90 Å². The Kier molecular flexibility index (Phi) is 3.65. The lowest BCUT2D eigenvalue weighted by Crippen LogP contribution is -2.24. The average molecular weight is 287 g/mol. The molecule has 0 aliphatic carbocycles. The molecule has 18 heavy (non-hydrogen) atoms. The molecule has 2 rings (SSSR count). The Morgan fingerprint density at radius 3 is 2.72 bits per heavy atom. The zero-order valence-electron chi connectivity index (χ0n) is 9.48. The van der Waals surface area contributed by atoms with Crippen molar-refractivity contribution in [3.63, 3.8) is 0 Å². The van der Waals surface area contributed by atoms with Crippen LogP contribution in [0.2, 0.25) is 0 Å². The van der Waals surface area contributed by atoms with Gasteiger partial charge in [0.25, 0.3) is 10.1 Å². The van der Waals surface area contributed by atoms with Crippen LogP contribution < -0.4 is 4.90 Å². The molecule has 1 aromatic rings. The lowest BCUT2D eigenvalue weighted by molar-refractivity contribution is -0.117. The topological polar surface area (TPSA) is 74.7 Å². The smallest absolute Gasteiger partial charge is 0.294 e. The monoisotopic (exact) mass is 287 g/mol. The molecule has 1 unspecified atom stereocenters. The molecule has 0 radical (unpaired) electrons. The molecule has 1 N–H and O–H groups in total. The first kappa shape index (κ1) is 13.4. The van der Waals surface area contributed by atoms with Crippen molar-refractivity contribution in [3.05, 3.63) is 24.3 Å². The van der Waals surface area contributed by atoms with Crippen LogP contribution >= 0.6 is 12.6 Å². The molecule has 1 amide bonds. The van der Waals surface area contributed by atoms with Crippen LogP contribution in [0.4, 0.5) is 5.69 Å². The zero-order chi connectivity index (χ0) is 13.3. The minimum Gasteiger partial charge on any atom is -0.312 e. The van der Waals surface area contributed by atoms with E-state index in [1.54, 1.807) is 6.07 Å². The average Bonchev–Trinajstić information content (AvgIpc) is 2.70. The highest BCUT2D eigenvalue weighted by atomic mass is 32.2. The second kappa shape index (κ2) is 4.91. The molecular weight excluding hydrogens is 274 g/mol. The number of hydrogen-bond donors (Lipinski definition) is 2. The van der Waals surface area contributed by atoms with Crippen molar-refractivity contribution in [2.45, 2.75) is 11.3 Å². The summed E-state index contributed by atoms with van der Waals surface area (Å²) < 4.78 is 31.1. The lowest BCUT2D eigenvalue weighted by Gasteiger charge is -2.16. The largest absolute Gasteiger partial charge is 0.312 e. The van der Waals surface area contributed by atoms with E-state index in [0.29, 0.717) is 24.4 Å². The van der Waals surface area contributed by atoms with E-state index < -0.39 is 10.1 Å². The maximum Gasteiger partial charge on any atom is 0.294 e. The predicted octanol–water partition coefficient (Wildman–Crippen LogP) is 1.22. The van der Waals surface area contributed by atoms with Gasteiger partial charge >= 0.3 is 0 Å². The van der Waals surface area contributed by atoms with Crippen LogP contribution in [-0.2, 0) is 14.9 Å². The minimum atomic E-state index is -4.24. The third-order valence-electron chi connectivity index (χ3n) is 2.89. The van der Waals surface area contributed by atoms with Crippen molar-refractivity contribution in [3.8, 4) is 0 Å². The van der Waals surface area contributed by atoms with Gasteiger partial charge in [0, 0.05) is 18.7 Å². The molecule has 1 fully saturated rings. The summed E-state index contributed by atoms with van der Waals surface area (Å²) in [5.74, 6) is 0.733. The van der Waals surface area contributed by atoms with Gasteiger partial charge < -0.3 is 4.90 Å². The number of hydrogen-bond acceptors (Lipinski definition) is 4. The van der Waals surface area contributed by atoms with Gasteiger partial charge in [-0.25, -0.2) is 0 Å². The Bertz CT molecular complexity index is 570. The Balaban J connectivity index is 2.32. The van der Waals surface area contributed by atoms with Gasteiger partial charge in [-0.2, -0.15) is 21.0 Å². The standard InChI is InChI=1S/C11H13NO4S2/c13-11-4-8(7-17)6-12(11)9-2-1-3-10(5-9)18(14,15)16/h1-3,5,8,17H,4,6-7H2,(H,14,15,16). The normalized spacial score (nSPS) is 20.4. The molecule has 7 heteroatoms. The van der Waals surface area contributed by atoms with Crippen LogP contribution in [-0.4, -0.2) is 31.2 Å². The number of nitrogens with zero attached hydrogens (tertiary/aromatic N) is 1. The molecule has 1 heterocycles. The van der Waals surface area contributed by atoms with E-state index in [-0.39, 0.29) is 16.7 Å². The summed E-state index contributed by atoms with van der Waals surface area (Å²) in [5, 5.41) is 0. The molecule has 0 aromatic heterocycles. The van der Waals surface area contributed by atoms with E-state index in [0.717, 1.165) is 0 Å². The molecule has 0 spiro atoms. The fraction of sp³-hybridized carbons (Fsp3) is 0.364. The molecule has 5 nitrogen and oxygen atoms in total. The molecular formula is C11H13NO4S2. The number of amides is 1. The number of benzene rings is 1. The van der Waals surface area contributed by atoms with E-state index in [4.69, 9.17) is 4.55 Å². The third-order valence-corrected chi connectivity index (χ3v) is 4.26. The molecule has 1 aliphatic rings. The Hall–Kier alpha value is -1.05. The molecule has 98 valence electrons. The maximum absolute atomic E-state index is 11.8. The Morgan fingerprint density at radius 2 is 2.17 bits per heavy atom. The first-order chi connectivity index (χ1) is 8.41. The van der Waals surface area contributed by atoms with Gasteiger partial charge in [-0.1, -0.05) is 6.07 Å². The quantitative estimate of drug-likeness (QED) is 0.647. The summed E-state index contributed by atoms with van der Waals surface area (Å²) in [6.45, 7) is 0.525. The highest BCUT2D eigenvalue weighted by Gasteiger charge is 2.30. The van der Waals surface area contributed by atoms with Crippen molar-refractivity contribution in [2.75, 3.05) is 17.2 Å². The fourth-order valence-corrected chi connectivity index (χ4v) is 2.73. The summed E-state index contributed by atoms with van der Waals surface area (Å²) in [4.78, 5) is 13.1. The first-order valence-corrected chi connectivity index (χ1v) is 7.48. The van der Waals surface area contributed by atoms with E-state index in [2.05, 4.69) is 12.6 Å². The second-order valence-electron chi connectivity index (χ2n) is 4.23. The number of anilines is 1. The summed E-state index contributed by atoms with van der Waals surface area (Å²) in [6, 6.07) is 5.73. The highest BCUT2D eigenvalue weighted by molar-refractivity contribution is 7.85. The van der Waals surface area contributed by atoms with Crippen molar-refractivity contribution >= 4 is 34.3 Å². The molecule has 0 bridgehead atoms. The number of carbonyl (C=O) groups is 1. The van der Waals surface area contributed by atoms with Gasteiger partial charge in [-0.05, 0) is 29.9 Å². The van der Waals surface area contributed by atoms with Gasteiger partial charge in [0.1, 0.15) is 0 Å². The highest BCUT2D eigenvalue weighted by Crippen LogP contribution is 2.27. The van der Waals surface area contributed by atoms with Crippen LogP contribution in [0.25, 0.3) is 0 Å². The first-order valence-electron chi connectivity index (χ1n) is 5.40. The molecule has 0 saturated carbocycles. The van der Waals surface area contributed by atoms with Crippen LogP contribution in [0.15, 0.2) is 29.2 Å². The third kappa shape index (κ3) is 2.68. The zero-order valence-corrected chi connectivity index (χ0v) is 11.2. The van der Waals surface area contributed by atoms with Crippen LogP contribution in [0.5, 0.6) is 0 Å². The molecule has 1 aromatic carbocycles. The van der Waals surface area contributed by atoms with Gasteiger partial charge in [0.2, 0.25) is 5.91 Å². The van der Waals surface area contributed by atoms with Crippen molar-refractivity contribution in [1.82, 2.24) is 0 Å². The Morgan fingerprint density at radius 1 is 1.44 bits per heavy atom. The van der Waals surface area contributed by atoms with Crippen molar-refractivity contribution < 1.29 is 17.8 Å². The number of rotatable bonds is 3. The van der Waals surface area contributed by atoms with E-state index in [1.165, 1.54) is 23.1 Å². The molecule has 1 aliphatic heterocycles. The van der Waals surface area contributed by atoms with Crippen LogP contribution in [0.1, 0.15) is 6.42 Å². The SMILES string of the molecule is O=C1CC(CS)CN1c1cccc(S(=O)(=O)O)c1. The Labute approximate surface area is 111 Å². The van der Waals surface area contributed by atoms with Crippen LogP contribution in [0.3, 0.4) is 0 Å². The maximum atomic E-state index is 11.8. The van der Waals surface area contributed by atoms with E-state index >= 15 is 0 Å². The molecule has 1 atom stereocenters. The summed E-state index contributed by atoms with van der Waals surface area (Å²) in [6.07, 6.45) is 0.416. The molecule has 1 saturated heterocycles. The second-order valence-corrected chi connectivity index (χ2v) is 6.02. The van der Waals surface area contributed by atoms with Gasteiger partial charge in [-0.15, -0.1) is 0 Å². The predicted molar refractivity (Wildman–Crippen MR) is 70.6 cm³/mol. The van der Waals surface area contributed by atoms with E-state index in [9.17, 15) is 13.2 Å². The van der Waals surface area contributed by atoms with Gasteiger partial charge in [-0.3, -0.25) is 9.35 Å². The van der Waals surface area contributed by atoms with Crippen LogP contribution in [0, 0.1) is 5.92 Å². The fourth-order valence-electron chi connectivity index (χ4n) is 1.97. The van der Waals surface area contributed by atoms with Crippen molar-refractivity contribution in [2.24, 2.45) is 5.92 Å². The minimum absolute atomic E-state index is 0.0541. The van der Waals surface area contributed by atoms with Crippen molar-refractivity contribution in [1.29, 1.82) is 0 Å².